The van der Waals surface area contributed by atoms with Crippen molar-refractivity contribution in [1.82, 2.24) is 9.88 Å². The van der Waals surface area contributed by atoms with Gasteiger partial charge in [-0.3, -0.25) is 9.78 Å². The Hall–Kier alpha value is -1.42. The number of aryl methyl sites for hydroxylation is 1. The van der Waals surface area contributed by atoms with Crippen molar-refractivity contribution in [3.8, 4) is 0 Å². The predicted octanol–water partition coefficient (Wildman–Crippen LogP) is 1.24. The molecule has 1 aromatic rings. The molecular weight excluding hydrogens is 228 g/mol. The predicted molar refractivity (Wildman–Crippen MR) is 68.9 cm³/mol. The minimum atomic E-state index is -0.317. The van der Waals surface area contributed by atoms with Crippen molar-refractivity contribution >= 4 is 5.91 Å². The molecule has 0 radical (unpaired) electrons. The van der Waals surface area contributed by atoms with E-state index < -0.39 is 0 Å². The number of aliphatic hydroxyl groups is 1. The van der Waals surface area contributed by atoms with E-state index in [-0.39, 0.29) is 17.9 Å². The van der Waals surface area contributed by atoms with Crippen LogP contribution < -0.4 is 0 Å². The highest BCUT2D eigenvalue weighted by atomic mass is 16.3. The first-order chi connectivity index (χ1) is 8.66. The van der Waals surface area contributed by atoms with Gasteiger partial charge >= 0.3 is 0 Å². The van der Waals surface area contributed by atoms with Gasteiger partial charge in [-0.1, -0.05) is 0 Å². The summed E-state index contributed by atoms with van der Waals surface area (Å²) in [5, 5.41) is 9.51. The lowest BCUT2D eigenvalue weighted by molar-refractivity contribution is -0.130. The lowest BCUT2D eigenvalue weighted by Gasteiger charge is -2.17. The number of rotatable bonds is 4. The maximum atomic E-state index is 12.0. The molecule has 2 unspecified atom stereocenters. The van der Waals surface area contributed by atoms with Crippen molar-refractivity contribution in [3.05, 3.63) is 30.1 Å². The molecule has 1 N–H and O–H groups in total. The molecule has 0 bridgehead atoms. The summed E-state index contributed by atoms with van der Waals surface area (Å²) in [4.78, 5) is 17.8. The fourth-order valence-corrected chi connectivity index (χ4v) is 2.37. The van der Waals surface area contributed by atoms with Gasteiger partial charge in [0.1, 0.15) is 0 Å². The highest BCUT2D eigenvalue weighted by molar-refractivity contribution is 5.76. The molecule has 1 aliphatic heterocycles. The highest BCUT2D eigenvalue weighted by Gasteiger charge is 2.28. The third-order valence-electron chi connectivity index (χ3n) is 3.64. The zero-order chi connectivity index (χ0) is 13.0. The molecule has 2 atom stereocenters. The highest BCUT2D eigenvalue weighted by Crippen LogP contribution is 2.20. The van der Waals surface area contributed by atoms with Crippen LogP contribution in [0, 0.1) is 5.92 Å². The molecule has 0 spiro atoms. The van der Waals surface area contributed by atoms with Gasteiger partial charge in [0.2, 0.25) is 5.91 Å². The first kappa shape index (κ1) is 13.0. The smallest absolute Gasteiger partial charge is 0.222 e. The third kappa shape index (κ3) is 3.29. The molecule has 1 aliphatic rings. The van der Waals surface area contributed by atoms with Crippen LogP contribution in [-0.2, 0) is 11.2 Å². The van der Waals surface area contributed by atoms with Crippen LogP contribution in [0.4, 0.5) is 0 Å². The van der Waals surface area contributed by atoms with E-state index in [9.17, 15) is 9.90 Å². The van der Waals surface area contributed by atoms with Crippen LogP contribution in [0.2, 0.25) is 0 Å². The van der Waals surface area contributed by atoms with Crippen LogP contribution in [0.25, 0.3) is 0 Å². The van der Waals surface area contributed by atoms with E-state index in [0.29, 0.717) is 13.0 Å². The second-order valence-corrected chi connectivity index (χ2v) is 4.98. The summed E-state index contributed by atoms with van der Waals surface area (Å²) in [5.41, 5.74) is 1.14. The van der Waals surface area contributed by atoms with Gasteiger partial charge in [0.25, 0.3) is 0 Å². The van der Waals surface area contributed by atoms with Gasteiger partial charge in [0.15, 0.2) is 0 Å². The van der Waals surface area contributed by atoms with Gasteiger partial charge in [-0.15, -0.1) is 0 Å². The quantitative estimate of drug-likeness (QED) is 0.872. The Labute approximate surface area is 108 Å². The van der Waals surface area contributed by atoms with Crippen LogP contribution in [0.15, 0.2) is 24.5 Å². The fraction of sp³-hybridized carbons (Fsp3) is 0.571. The Morgan fingerprint density at radius 2 is 2.28 bits per heavy atom. The second-order valence-electron chi connectivity index (χ2n) is 4.98. The monoisotopic (exact) mass is 248 g/mol. The third-order valence-corrected chi connectivity index (χ3v) is 3.64. The van der Waals surface area contributed by atoms with Crippen molar-refractivity contribution in [2.45, 2.75) is 32.3 Å². The Kier molecular flexibility index (Phi) is 4.31. The second kappa shape index (κ2) is 5.96. The van der Waals surface area contributed by atoms with Gasteiger partial charge in [-0.25, -0.2) is 0 Å². The Balaban J connectivity index is 1.79. The maximum absolute atomic E-state index is 12.0. The van der Waals surface area contributed by atoms with Crippen molar-refractivity contribution in [2.24, 2.45) is 5.92 Å². The number of amides is 1. The van der Waals surface area contributed by atoms with E-state index in [1.165, 1.54) is 0 Å². The molecule has 2 heterocycles. The van der Waals surface area contributed by atoms with Crippen molar-refractivity contribution in [2.75, 3.05) is 13.1 Å². The molecule has 4 nitrogen and oxygen atoms in total. The molecule has 1 amide bonds. The summed E-state index contributed by atoms with van der Waals surface area (Å²) in [6, 6.07) is 3.88. The summed E-state index contributed by atoms with van der Waals surface area (Å²) in [7, 11) is 0. The topological polar surface area (TPSA) is 53.4 Å². The molecule has 0 saturated carbocycles. The number of aliphatic hydroxyl groups excluding tert-OH is 1. The summed E-state index contributed by atoms with van der Waals surface area (Å²) in [6.45, 7) is 3.28. The van der Waals surface area contributed by atoms with E-state index in [4.69, 9.17) is 0 Å². The maximum Gasteiger partial charge on any atom is 0.222 e. The first-order valence-electron chi connectivity index (χ1n) is 6.51. The SMILES string of the molecule is CC(O)C1CCN(C(=O)CCc2ccncc2)C1. The van der Waals surface area contributed by atoms with E-state index in [0.717, 1.165) is 24.9 Å². The first-order valence-corrected chi connectivity index (χ1v) is 6.51. The number of pyridine rings is 1. The lowest BCUT2D eigenvalue weighted by Crippen LogP contribution is -2.30. The van der Waals surface area contributed by atoms with Crippen molar-refractivity contribution in [1.29, 1.82) is 0 Å². The zero-order valence-corrected chi connectivity index (χ0v) is 10.7. The fourth-order valence-electron chi connectivity index (χ4n) is 2.37. The minimum absolute atomic E-state index is 0.190. The van der Waals surface area contributed by atoms with Gasteiger partial charge in [0, 0.05) is 37.8 Å². The van der Waals surface area contributed by atoms with Gasteiger partial charge < -0.3 is 10.0 Å². The summed E-state index contributed by atoms with van der Waals surface area (Å²) in [5.74, 6) is 0.435. The number of nitrogens with zero attached hydrogens (tertiary/aromatic N) is 2. The molecule has 1 saturated heterocycles. The van der Waals surface area contributed by atoms with Gasteiger partial charge in [-0.05, 0) is 37.5 Å². The molecule has 2 rings (SSSR count). The average molecular weight is 248 g/mol. The van der Waals surface area contributed by atoms with Crippen LogP contribution >= 0.6 is 0 Å². The number of carbonyl (C=O) groups is 1. The Morgan fingerprint density at radius 3 is 2.89 bits per heavy atom. The van der Waals surface area contributed by atoms with Crippen LogP contribution in [0.3, 0.4) is 0 Å². The van der Waals surface area contributed by atoms with Gasteiger partial charge in [-0.2, -0.15) is 0 Å². The number of hydrogen-bond donors (Lipinski definition) is 1. The molecule has 18 heavy (non-hydrogen) atoms. The Morgan fingerprint density at radius 1 is 1.56 bits per heavy atom. The average Bonchev–Trinajstić information content (AvgIpc) is 2.87. The lowest BCUT2D eigenvalue weighted by atomic mass is 10.0. The molecule has 98 valence electrons. The molecule has 0 aromatic carbocycles. The minimum Gasteiger partial charge on any atom is -0.393 e. The number of carbonyl (C=O) groups excluding carboxylic acids is 1. The van der Waals surface area contributed by atoms with Crippen molar-refractivity contribution in [3.63, 3.8) is 0 Å². The number of likely N-dealkylation sites (tertiary alicyclic amines) is 1. The summed E-state index contributed by atoms with van der Waals surface area (Å²) < 4.78 is 0. The molecule has 1 aromatic heterocycles. The normalized spacial score (nSPS) is 21.0. The van der Waals surface area contributed by atoms with Crippen molar-refractivity contribution < 1.29 is 9.90 Å². The zero-order valence-electron chi connectivity index (χ0n) is 10.7. The molecular formula is C14H20N2O2. The molecule has 1 fully saturated rings. The van der Waals surface area contributed by atoms with E-state index in [1.807, 2.05) is 17.0 Å². The number of aromatic nitrogens is 1. The van der Waals surface area contributed by atoms with Gasteiger partial charge in [0.05, 0.1) is 6.10 Å². The largest absolute Gasteiger partial charge is 0.393 e. The summed E-state index contributed by atoms with van der Waals surface area (Å²) in [6.07, 6.45) is 5.40. The van der Waals surface area contributed by atoms with E-state index in [1.54, 1.807) is 19.3 Å². The van der Waals surface area contributed by atoms with E-state index >= 15 is 0 Å². The van der Waals surface area contributed by atoms with Crippen LogP contribution in [-0.4, -0.2) is 40.1 Å². The van der Waals surface area contributed by atoms with Crippen LogP contribution in [0.5, 0.6) is 0 Å². The van der Waals surface area contributed by atoms with E-state index in [2.05, 4.69) is 4.98 Å². The molecule has 0 aliphatic carbocycles. The van der Waals surface area contributed by atoms with Crippen LogP contribution in [0.1, 0.15) is 25.3 Å². The number of hydrogen-bond acceptors (Lipinski definition) is 3. The molecule has 4 heteroatoms. The Bertz CT molecular complexity index is 392. The summed E-state index contributed by atoms with van der Waals surface area (Å²) >= 11 is 0. The standard InChI is InChI=1S/C14H20N2O2/c1-11(17)13-6-9-16(10-13)14(18)3-2-12-4-7-15-8-5-12/h4-5,7-8,11,13,17H,2-3,6,9-10H2,1H3.